The molecule has 0 aliphatic heterocycles. The number of imidazole rings is 1. The normalized spacial score (nSPS) is 11.4. The second kappa shape index (κ2) is 5.09. The Bertz CT molecular complexity index is 964. The van der Waals surface area contributed by atoms with Crippen molar-refractivity contribution in [1.82, 2.24) is 14.5 Å². The Hall–Kier alpha value is -1.98. The smallest absolute Gasteiger partial charge is 0.178 e. The highest BCUT2D eigenvalue weighted by molar-refractivity contribution is 7.71. The molecule has 0 aliphatic carbocycles. The van der Waals surface area contributed by atoms with Crippen molar-refractivity contribution < 1.29 is 0 Å². The lowest BCUT2D eigenvalue weighted by Crippen LogP contribution is -2.01. The van der Waals surface area contributed by atoms with Crippen LogP contribution in [0, 0.1) is 4.77 Å². The average Bonchev–Trinajstić information content (AvgIpc) is 3.12. The summed E-state index contributed by atoms with van der Waals surface area (Å²) >= 11 is 7.28. The fourth-order valence-corrected chi connectivity index (χ4v) is 3.67. The number of nitrogens with one attached hydrogen (secondary N) is 1. The molecule has 4 aromatic rings. The van der Waals surface area contributed by atoms with Gasteiger partial charge in [-0.05, 0) is 36.2 Å². The first-order valence-corrected chi connectivity index (χ1v) is 8.10. The third kappa shape index (κ3) is 2.18. The van der Waals surface area contributed by atoms with E-state index in [0.29, 0.717) is 0 Å². The van der Waals surface area contributed by atoms with Crippen molar-refractivity contribution >= 4 is 45.5 Å². The second-order valence-electron chi connectivity index (χ2n) is 4.95. The van der Waals surface area contributed by atoms with E-state index in [9.17, 15) is 0 Å². The first-order valence-electron chi connectivity index (χ1n) is 6.81. The third-order valence-corrected chi connectivity index (χ3v) is 4.92. The molecule has 0 amide bonds. The van der Waals surface area contributed by atoms with E-state index in [0.717, 1.165) is 39.7 Å². The number of pyridine rings is 1. The van der Waals surface area contributed by atoms with Gasteiger partial charge in [-0.1, -0.05) is 24.3 Å². The van der Waals surface area contributed by atoms with E-state index < -0.39 is 0 Å². The largest absolute Gasteiger partial charge is 0.329 e. The summed E-state index contributed by atoms with van der Waals surface area (Å²) in [5, 5.41) is 3.26. The van der Waals surface area contributed by atoms with Crippen molar-refractivity contribution in [3.8, 4) is 0 Å². The van der Waals surface area contributed by atoms with Gasteiger partial charge >= 0.3 is 0 Å². The van der Waals surface area contributed by atoms with Crippen LogP contribution in [0.25, 0.3) is 21.9 Å². The van der Waals surface area contributed by atoms with Gasteiger partial charge in [0.25, 0.3) is 0 Å². The van der Waals surface area contributed by atoms with Crippen LogP contribution in [0.3, 0.4) is 0 Å². The molecule has 0 atom stereocenters. The summed E-state index contributed by atoms with van der Waals surface area (Å²) in [4.78, 5) is 9.13. The van der Waals surface area contributed by atoms with Gasteiger partial charge in [-0.2, -0.15) is 0 Å². The van der Waals surface area contributed by atoms with Crippen LogP contribution in [0.2, 0.25) is 0 Å². The zero-order chi connectivity index (χ0) is 14.2. The minimum Gasteiger partial charge on any atom is -0.329 e. The van der Waals surface area contributed by atoms with Gasteiger partial charge in [-0.25, -0.2) is 0 Å². The van der Waals surface area contributed by atoms with Crippen LogP contribution in [0.5, 0.6) is 0 Å². The summed E-state index contributed by atoms with van der Waals surface area (Å²) in [7, 11) is 0. The number of H-pyrrole nitrogens is 1. The average molecular weight is 311 g/mol. The molecule has 3 heterocycles. The van der Waals surface area contributed by atoms with Crippen LogP contribution >= 0.6 is 23.6 Å². The van der Waals surface area contributed by atoms with Gasteiger partial charge in [-0.3, -0.25) is 4.98 Å². The molecule has 104 valence electrons. The van der Waals surface area contributed by atoms with Crippen molar-refractivity contribution in [3.63, 3.8) is 0 Å². The molecule has 0 bridgehead atoms. The fraction of sp³-hybridized carbons (Fsp3) is 0.125. The van der Waals surface area contributed by atoms with Crippen LogP contribution in [-0.4, -0.2) is 14.5 Å². The van der Waals surface area contributed by atoms with Crippen molar-refractivity contribution in [3.05, 3.63) is 57.6 Å². The van der Waals surface area contributed by atoms with Crippen LogP contribution in [0.1, 0.15) is 4.88 Å². The Morgan fingerprint density at radius 3 is 2.95 bits per heavy atom. The predicted molar refractivity (Wildman–Crippen MR) is 90.4 cm³/mol. The number of nitrogens with zero attached hydrogens (tertiary/aromatic N) is 2. The topological polar surface area (TPSA) is 33.6 Å². The number of aromatic nitrogens is 3. The summed E-state index contributed by atoms with van der Waals surface area (Å²) in [6, 6.07) is 12.5. The van der Waals surface area contributed by atoms with Crippen molar-refractivity contribution in [1.29, 1.82) is 0 Å². The van der Waals surface area contributed by atoms with Gasteiger partial charge in [0.1, 0.15) is 0 Å². The number of para-hydroxylation sites is 1. The summed E-state index contributed by atoms with van der Waals surface area (Å²) in [6.45, 7) is 0.882. The Balaban J connectivity index is 1.88. The van der Waals surface area contributed by atoms with Gasteiger partial charge in [0.2, 0.25) is 0 Å². The van der Waals surface area contributed by atoms with E-state index in [4.69, 9.17) is 12.2 Å². The van der Waals surface area contributed by atoms with Gasteiger partial charge < -0.3 is 9.55 Å². The standard InChI is InChI=1S/C16H13N3S2/c20-16-18-14-10-17-13-6-2-1-5-12(13)15(14)19(16)8-7-11-4-3-9-21-11/h1-6,9-10H,7-8H2,(H,18,20). The second-order valence-corrected chi connectivity index (χ2v) is 6.37. The molecule has 0 aliphatic rings. The van der Waals surface area contributed by atoms with Crippen molar-refractivity contribution in [2.45, 2.75) is 13.0 Å². The van der Waals surface area contributed by atoms with Crippen LogP contribution in [0.4, 0.5) is 0 Å². The van der Waals surface area contributed by atoms with E-state index in [2.05, 4.69) is 38.1 Å². The summed E-state index contributed by atoms with van der Waals surface area (Å²) < 4.78 is 2.95. The molecule has 3 nitrogen and oxygen atoms in total. The lowest BCUT2D eigenvalue weighted by molar-refractivity contribution is 0.714. The highest BCUT2D eigenvalue weighted by atomic mass is 32.1. The molecule has 1 N–H and O–H groups in total. The monoisotopic (exact) mass is 311 g/mol. The number of hydrogen-bond donors (Lipinski definition) is 1. The molecule has 21 heavy (non-hydrogen) atoms. The predicted octanol–water partition coefficient (Wildman–Crippen LogP) is 4.55. The minimum absolute atomic E-state index is 0.764. The highest BCUT2D eigenvalue weighted by Gasteiger charge is 2.09. The maximum absolute atomic E-state index is 5.49. The van der Waals surface area contributed by atoms with E-state index >= 15 is 0 Å². The number of aromatic amines is 1. The molecule has 0 radical (unpaired) electrons. The molecule has 0 saturated carbocycles. The summed E-state index contributed by atoms with van der Waals surface area (Å²) in [6.07, 6.45) is 2.87. The van der Waals surface area contributed by atoms with Crippen molar-refractivity contribution in [2.24, 2.45) is 0 Å². The van der Waals surface area contributed by atoms with Crippen molar-refractivity contribution in [2.75, 3.05) is 0 Å². The highest BCUT2D eigenvalue weighted by Crippen LogP contribution is 2.24. The summed E-state index contributed by atoms with van der Waals surface area (Å²) in [5.41, 5.74) is 3.16. The Labute approximate surface area is 130 Å². The molecule has 0 unspecified atom stereocenters. The Kier molecular flexibility index (Phi) is 3.09. The zero-order valence-electron chi connectivity index (χ0n) is 11.2. The van der Waals surface area contributed by atoms with Gasteiger partial charge in [-0.15, -0.1) is 11.3 Å². The van der Waals surface area contributed by atoms with E-state index in [-0.39, 0.29) is 0 Å². The minimum atomic E-state index is 0.764. The number of fused-ring (bicyclic) bond motifs is 3. The molecular formula is C16H13N3S2. The lowest BCUT2D eigenvalue weighted by Gasteiger charge is -2.06. The van der Waals surface area contributed by atoms with Crippen LogP contribution in [0.15, 0.2) is 48.0 Å². The maximum Gasteiger partial charge on any atom is 0.178 e. The summed E-state index contributed by atoms with van der Waals surface area (Å²) in [5.74, 6) is 0. The Morgan fingerprint density at radius 1 is 1.19 bits per heavy atom. The Morgan fingerprint density at radius 2 is 2.10 bits per heavy atom. The van der Waals surface area contributed by atoms with Gasteiger partial charge in [0, 0.05) is 16.8 Å². The SMILES string of the molecule is S=c1[nH]c2cnc3ccccc3c2n1CCc1cccs1. The fourth-order valence-electron chi connectivity index (χ4n) is 2.68. The molecule has 0 fully saturated rings. The van der Waals surface area contributed by atoms with E-state index in [1.807, 2.05) is 24.4 Å². The molecule has 5 heteroatoms. The first-order chi connectivity index (χ1) is 10.3. The number of rotatable bonds is 3. The molecule has 0 saturated heterocycles. The quantitative estimate of drug-likeness (QED) is 0.563. The zero-order valence-corrected chi connectivity index (χ0v) is 12.9. The molecule has 1 aromatic carbocycles. The third-order valence-electron chi connectivity index (χ3n) is 3.67. The van der Waals surface area contributed by atoms with Crippen LogP contribution < -0.4 is 0 Å². The number of benzene rings is 1. The van der Waals surface area contributed by atoms with Gasteiger partial charge in [0.05, 0.1) is 22.7 Å². The number of hydrogen-bond acceptors (Lipinski definition) is 3. The lowest BCUT2D eigenvalue weighted by atomic mass is 10.2. The number of aryl methyl sites for hydroxylation is 2. The molecule has 3 aromatic heterocycles. The van der Waals surface area contributed by atoms with Gasteiger partial charge in [0.15, 0.2) is 4.77 Å². The maximum atomic E-state index is 5.49. The molecule has 0 spiro atoms. The van der Waals surface area contributed by atoms with E-state index in [1.54, 1.807) is 11.3 Å². The molecule has 4 rings (SSSR count). The first kappa shape index (κ1) is 12.7. The van der Waals surface area contributed by atoms with Crippen LogP contribution in [-0.2, 0) is 13.0 Å². The van der Waals surface area contributed by atoms with E-state index in [1.165, 1.54) is 4.88 Å². The number of thiophene rings is 1. The molecular weight excluding hydrogens is 298 g/mol.